The van der Waals surface area contributed by atoms with E-state index in [-0.39, 0.29) is 24.0 Å². The number of rotatable bonds is 7. The van der Waals surface area contributed by atoms with Gasteiger partial charge in [-0.1, -0.05) is 0 Å². The number of unbranched alkanes of at least 4 members (excludes halogenated alkanes) is 1. The van der Waals surface area contributed by atoms with Crippen molar-refractivity contribution in [2.75, 3.05) is 0 Å². The largest absolute Gasteiger partial charge is 0.481 e. The van der Waals surface area contributed by atoms with E-state index in [9.17, 15) is 19.2 Å². The molecule has 8 nitrogen and oxygen atoms in total. The molecular weight excluding hydrogens is 344 g/mol. The number of hydrogen-bond acceptors (Lipinski definition) is 4. The van der Waals surface area contributed by atoms with Crippen LogP contribution in [-0.2, 0) is 22.4 Å². The van der Waals surface area contributed by atoms with Crippen molar-refractivity contribution in [3.05, 3.63) is 34.4 Å². The van der Waals surface area contributed by atoms with Crippen molar-refractivity contribution in [3.63, 3.8) is 0 Å². The summed E-state index contributed by atoms with van der Waals surface area (Å²) in [6.45, 7) is 0. The summed E-state index contributed by atoms with van der Waals surface area (Å²) in [7, 11) is 0. The molecule has 1 aromatic carbocycles. The van der Waals surface area contributed by atoms with Gasteiger partial charge in [-0.25, -0.2) is 9.59 Å². The summed E-state index contributed by atoms with van der Waals surface area (Å²) in [5.74, 6) is -3.69. The Morgan fingerprint density at radius 2 is 1.04 bits per heavy atom. The van der Waals surface area contributed by atoms with Crippen LogP contribution in [-0.4, -0.2) is 44.3 Å². The number of hydrogen-bond donors (Lipinski definition) is 4. The minimum atomic E-state index is -0.977. The van der Waals surface area contributed by atoms with Crippen LogP contribution < -0.4 is 0 Å². The fourth-order valence-corrected chi connectivity index (χ4v) is 2.82. The van der Waals surface area contributed by atoms with Crippen LogP contribution in [0.3, 0.4) is 0 Å². The van der Waals surface area contributed by atoms with Crippen molar-refractivity contribution in [3.8, 4) is 0 Å². The molecule has 0 fully saturated rings. The fraction of sp³-hybridized carbons (Fsp3) is 0.444. The molecule has 0 saturated carbocycles. The van der Waals surface area contributed by atoms with E-state index in [1.165, 1.54) is 12.1 Å². The van der Waals surface area contributed by atoms with Gasteiger partial charge >= 0.3 is 23.9 Å². The highest BCUT2D eigenvalue weighted by Crippen LogP contribution is 2.27. The molecule has 1 aliphatic rings. The fourth-order valence-electron chi connectivity index (χ4n) is 2.82. The second kappa shape index (κ2) is 10.2. The van der Waals surface area contributed by atoms with Gasteiger partial charge in [-0.2, -0.15) is 0 Å². The highest BCUT2D eigenvalue weighted by molar-refractivity contribution is 5.95. The quantitative estimate of drug-likeness (QED) is 0.538. The topological polar surface area (TPSA) is 149 Å². The molecule has 0 aliphatic heterocycles. The average molecular weight is 366 g/mol. The Labute approximate surface area is 150 Å². The van der Waals surface area contributed by atoms with E-state index < -0.39 is 23.9 Å². The molecule has 26 heavy (non-hydrogen) atoms. The van der Waals surface area contributed by atoms with Gasteiger partial charge in [0.05, 0.1) is 11.1 Å². The van der Waals surface area contributed by atoms with Crippen molar-refractivity contribution in [2.45, 2.75) is 51.4 Å². The Balaban J connectivity index is 0.000000294. The van der Waals surface area contributed by atoms with Crippen molar-refractivity contribution in [1.82, 2.24) is 0 Å². The van der Waals surface area contributed by atoms with Gasteiger partial charge in [-0.15, -0.1) is 0 Å². The highest BCUT2D eigenvalue weighted by atomic mass is 16.4. The van der Waals surface area contributed by atoms with Crippen molar-refractivity contribution in [2.24, 2.45) is 0 Å². The van der Waals surface area contributed by atoms with Gasteiger partial charge in [0.15, 0.2) is 0 Å². The smallest absolute Gasteiger partial charge is 0.335 e. The number of carboxylic acid groups (broad SMARTS) is 4. The Hall–Kier alpha value is -2.90. The third-order valence-electron chi connectivity index (χ3n) is 4.03. The SMILES string of the molecule is O=C(O)CCCCC(=O)O.O=C(O)c1ccc(C(=O)O)c2c1CCCC2. The van der Waals surface area contributed by atoms with Crippen LogP contribution >= 0.6 is 0 Å². The van der Waals surface area contributed by atoms with E-state index in [1.807, 2.05) is 0 Å². The first-order valence-electron chi connectivity index (χ1n) is 8.29. The Kier molecular flexibility index (Phi) is 8.27. The molecule has 1 aromatic rings. The van der Waals surface area contributed by atoms with Crippen LogP contribution in [0.25, 0.3) is 0 Å². The number of benzene rings is 1. The standard InChI is InChI=1S/C12H12O4.C6H10O4/c13-11(14)9-5-6-10(12(15)16)8-4-2-1-3-7(8)9;7-5(8)3-1-2-4-6(9)10/h5-6H,1-4H2,(H,13,14)(H,15,16);1-4H2,(H,7,8)(H,9,10). The Morgan fingerprint density at radius 3 is 1.31 bits per heavy atom. The lowest BCUT2D eigenvalue weighted by atomic mass is 9.85. The number of fused-ring (bicyclic) bond motifs is 1. The summed E-state index contributed by atoms with van der Waals surface area (Å²) in [5.41, 5.74) is 1.91. The van der Waals surface area contributed by atoms with Gasteiger partial charge < -0.3 is 20.4 Å². The molecule has 0 saturated heterocycles. The zero-order valence-corrected chi connectivity index (χ0v) is 14.2. The van der Waals surface area contributed by atoms with E-state index in [2.05, 4.69) is 0 Å². The zero-order chi connectivity index (χ0) is 19.7. The van der Waals surface area contributed by atoms with Crippen molar-refractivity contribution >= 4 is 23.9 Å². The molecule has 0 unspecified atom stereocenters. The summed E-state index contributed by atoms with van der Waals surface area (Å²) in [6, 6.07) is 2.80. The Morgan fingerprint density at radius 1 is 0.692 bits per heavy atom. The lowest BCUT2D eigenvalue weighted by Crippen LogP contribution is -2.15. The van der Waals surface area contributed by atoms with E-state index in [4.69, 9.17) is 20.4 Å². The molecule has 142 valence electrons. The first-order valence-corrected chi connectivity index (χ1v) is 8.29. The number of aromatic carboxylic acids is 2. The molecule has 0 spiro atoms. The average Bonchev–Trinajstić information content (AvgIpc) is 2.57. The van der Waals surface area contributed by atoms with Crippen molar-refractivity contribution in [1.29, 1.82) is 0 Å². The normalized spacial score (nSPS) is 12.3. The maximum atomic E-state index is 11.0. The van der Waals surface area contributed by atoms with Gasteiger partial charge in [0.25, 0.3) is 0 Å². The number of carboxylic acids is 4. The lowest BCUT2D eigenvalue weighted by Gasteiger charge is -2.19. The lowest BCUT2D eigenvalue weighted by molar-refractivity contribution is -0.139. The van der Waals surface area contributed by atoms with Gasteiger partial charge in [-0.3, -0.25) is 9.59 Å². The maximum absolute atomic E-state index is 11.0. The maximum Gasteiger partial charge on any atom is 0.335 e. The van der Waals surface area contributed by atoms with Crippen LogP contribution in [0, 0.1) is 0 Å². The van der Waals surface area contributed by atoms with Gasteiger partial charge in [0, 0.05) is 12.8 Å². The predicted octanol–water partition coefficient (Wildman–Crippen LogP) is 2.68. The van der Waals surface area contributed by atoms with Crippen molar-refractivity contribution < 1.29 is 39.6 Å². The van der Waals surface area contributed by atoms with Crippen LogP contribution in [0.2, 0.25) is 0 Å². The van der Waals surface area contributed by atoms with Crippen LogP contribution in [0.1, 0.15) is 70.4 Å². The molecule has 4 N–H and O–H groups in total. The number of aliphatic carboxylic acids is 2. The monoisotopic (exact) mass is 366 g/mol. The summed E-state index contributed by atoms with van der Waals surface area (Å²) in [6.07, 6.45) is 4.20. The second-order valence-electron chi connectivity index (χ2n) is 5.93. The zero-order valence-electron chi connectivity index (χ0n) is 14.2. The molecule has 0 aromatic heterocycles. The van der Waals surface area contributed by atoms with Crippen LogP contribution in [0.5, 0.6) is 0 Å². The molecule has 0 bridgehead atoms. The summed E-state index contributed by atoms with van der Waals surface area (Å²) < 4.78 is 0. The third kappa shape index (κ3) is 6.54. The number of carbonyl (C=O) groups is 4. The minimum Gasteiger partial charge on any atom is -0.481 e. The molecule has 1 aliphatic carbocycles. The van der Waals surface area contributed by atoms with E-state index in [0.717, 1.165) is 12.8 Å². The van der Waals surface area contributed by atoms with E-state index >= 15 is 0 Å². The molecule has 0 atom stereocenters. The van der Waals surface area contributed by atoms with Gasteiger partial charge in [-0.05, 0) is 61.8 Å². The van der Waals surface area contributed by atoms with Crippen LogP contribution in [0.15, 0.2) is 12.1 Å². The van der Waals surface area contributed by atoms with E-state index in [1.54, 1.807) is 0 Å². The molecular formula is C18H22O8. The summed E-state index contributed by atoms with van der Waals surface area (Å²) in [5, 5.41) is 34.3. The molecule has 0 amide bonds. The summed E-state index contributed by atoms with van der Waals surface area (Å²) in [4.78, 5) is 41.8. The minimum absolute atomic E-state index is 0.0628. The molecule has 8 heteroatoms. The first-order chi connectivity index (χ1) is 12.2. The van der Waals surface area contributed by atoms with Gasteiger partial charge in [0.2, 0.25) is 0 Å². The first kappa shape index (κ1) is 21.1. The second-order valence-corrected chi connectivity index (χ2v) is 5.93. The molecule has 0 radical (unpaired) electrons. The third-order valence-corrected chi connectivity index (χ3v) is 4.03. The molecule has 2 rings (SSSR count). The Bertz CT molecular complexity index is 634. The van der Waals surface area contributed by atoms with Crippen LogP contribution in [0.4, 0.5) is 0 Å². The van der Waals surface area contributed by atoms with E-state index in [0.29, 0.717) is 36.8 Å². The predicted molar refractivity (Wildman–Crippen MR) is 90.7 cm³/mol. The molecule has 0 heterocycles. The van der Waals surface area contributed by atoms with Gasteiger partial charge in [0.1, 0.15) is 0 Å². The highest BCUT2D eigenvalue weighted by Gasteiger charge is 2.22. The summed E-state index contributed by atoms with van der Waals surface area (Å²) >= 11 is 0.